The Hall–Kier alpha value is -3.13. The lowest BCUT2D eigenvalue weighted by atomic mass is 10.1. The lowest BCUT2D eigenvalue weighted by Crippen LogP contribution is -2.31. The van der Waals surface area contributed by atoms with Gasteiger partial charge >= 0.3 is 6.03 Å². The van der Waals surface area contributed by atoms with Gasteiger partial charge in [-0.1, -0.05) is 58.8 Å². The summed E-state index contributed by atoms with van der Waals surface area (Å²) in [6.07, 6.45) is 0. The molecule has 168 valence electrons. The van der Waals surface area contributed by atoms with E-state index in [1.165, 1.54) is 11.3 Å². The first-order chi connectivity index (χ1) is 15.8. The molecule has 3 N–H and O–H groups in total. The van der Waals surface area contributed by atoms with Crippen molar-refractivity contribution in [2.45, 2.75) is 19.9 Å². The molecule has 6 nitrogen and oxygen atoms in total. The number of fused-ring (bicyclic) bond motifs is 1. The molecule has 0 fully saturated rings. The van der Waals surface area contributed by atoms with Crippen molar-refractivity contribution in [1.29, 1.82) is 0 Å². The van der Waals surface area contributed by atoms with E-state index in [-0.39, 0.29) is 18.0 Å². The molecule has 0 aliphatic rings. The molecule has 3 aromatic carbocycles. The highest BCUT2D eigenvalue weighted by molar-refractivity contribution is 7.22. The number of urea groups is 1. The summed E-state index contributed by atoms with van der Waals surface area (Å²) in [5, 5.41) is 10.1. The van der Waals surface area contributed by atoms with Gasteiger partial charge < -0.3 is 10.6 Å². The number of thiazole rings is 1. The number of amides is 3. The highest BCUT2D eigenvalue weighted by Gasteiger charge is 2.15. The fourth-order valence-electron chi connectivity index (χ4n) is 3.26. The van der Waals surface area contributed by atoms with Crippen molar-refractivity contribution in [3.63, 3.8) is 0 Å². The molecule has 0 aliphatic carbocycles. The van der Waals surface area contributed by atoms with Crippen LogP contribution in [0.25, 0.3) is 10.2 Å². The van der Waals surface area contributed by atoms with Crippen LogP contribution in [0, 0.1) is 6.92 Å². The van der Waals surface area contributed by atoms with Crippen LogP contribution < -0.4 is 16.0 Å². The lowest BCUT2D eigenvalue weighted by molar-refractivity contribution is 0.102. The number of benzene rings is 3. The van der Waals surface area contributed by atoms with E-state index in [0.29, 0.717) is 31.9 Å². The van der Waals surface area contributed by atoms with Crippen LogP contribution in [-0.2, 0) is 0 Å². The molecule has 0 bridgehead atoms. The highest BCUT2D eigenvalue weighted by atomic mass is 35.5. The van der Waals surface area contributed by atoms with Crippen molar-refractivity contribution in [1.82, 2.24) is 10.3 Å². The Morgan fingerprint density at radius 1 is 1.00 bits per heavy atom. The van der Waals surface area contributed by atoms with Crippen LogP contribution in [0.3, 0.4) is 0 Å². The largest absolute Gasteiger partial charge is 0.331 e. The number of nitrogens with zero attached hydrogens (tertiary/aromatic N) is 1. The number of halogens is 2. The molecule has 1 heterocycles. The second-order valence-electron chi connectivity index (χ2n) is 7.46. The second-order valence-corrected chi connectivity index (χ2v) is 9.33. The van der Waals surface area contributed by atoms with Gasteiger partial charge in [-0.05, 0) is 61.4 Å². The molecule has 1 unspecified atom stereocenters. The van der Waals surface area contributed by atoms with Crippen molar-refractivity contribution >= 4 is 67.5 Å². The zero-order valence-corrected chi connectivity index (χ0v) is 20.1. The third-order valence-corrected chi connectivity index (χ3v) is 6.55. The van der Waals surface area contributed by atoms with Gasteiger partial charge in [-0.2, -0.15) is 0 Å². The van der Waals surface area contributed by atoms with Crippen LogP contribution in [0.2, 0.25) is 10.0 Å². The number of hydrogen-bond donors (Lipinski definition) is 3. The molecule has 4 aromatic rings. The molecule has 0 saturated carbocycles. The van der Waals surface area contributed by atoms with Crippen molar-refractivity contribution in [3.8, 4) is 0 Å². The number of hydrogen-bond acceptors (Lipinski definition) is 4. The molecule has 0 aliphatic heterocycles. The Bertz CT molecular complexity index is 1320. The number of rotatable bonds is 5. The standard InChI is InChI=1S/C24H20Cl2N4O2S/c1-13-4-3-5-18(26)21(13)29-22(31)16-8-11-19-20(12-16)33-24(28-19)30-23(32)27-14(2)15-6-9-17(25)10-7-15/h3-12,14H,1-2H3,(H,29,31)(H2,27,28,30,32). The summed E-state index contributed by atoms with van der Waals surface area (Å²) in [5.74, 6) is -0.273. The molecular formula is C24H20Cl2N4O2S. The summed E-state index contributed by atoms with van der Waals surface area (Å²) in [6.45, 7) is 3.76. The quantitative estimate of drug-likeness (QED) is 0.275. The predicted octanol–water partition coefficient (Wildman–Crippen LogP) is 7.05. The fourth-order valence-corrected chi connectivity index (χ4v) is 4.56. The molecule has 1 aromatic heterocycles. The molecule has 1 atom stereocenters. The Morgan fingerprint density at radius 2 is 1.76 bits per heavy atom. The third-order valence-electron chi connectivity index (χ3n) is 5.05. The Labute approximate surface area is 204 Å². The van der Waals surface area contributed by atoms with Gasteiger partial charge in [-0.3, -0.25) is 10.1 Å². The summed E-state index contributed by atoms with van der Waals surface area (Å²) >= 11 is 13.4. The lowest BCUT2D eigenvalue weighted by Gasteiger charge is -2.14. The minimum atomic E-state index is -0.372. The molecule has 3 amide bonds. The molecule has 33 heavy (non-hydrogen) atoms. The zero-order valence-electron chi connectivity index (χ0n) is 17.8. The van der Waals surface area contributed by atoms with E-state index in [1.54, 1.807) is 36.4 Å². The molecule has 9 heteroatoms. The van der Waals surface area contributed by atoms with Gasteiger partial charge in [0, 0.05) is 10.6 Å². The van der Waals surface area contributed by atoms with Gasteiger partial charge in [0.2, 0.25) is 0 Å². The van der Waals surface area contributed by atoms with Crippen molar-refractivity contribution in [3.05, 3.63) is 87.4 Å². The number of para-hydroxylation sites is 1. The minimum Gasteiger partial charge on any atom is -0.331 e. The van der Waals surface area contributed by atoms with Crippen LogP contribution in [0.1, 0.15) is 34.5 Å². The summed E-state index contributed by atoms with van der Waals surface area (Å²) in [4.78, 5) is 29.6. The van der Waals surface area contributed by atoms with Crippen LogP contribution >= 0.6 is 34.5 Å². The summed E-state index contributed by atoms with van der Waals surface area (Å²) in [6, 6.07) is 17.3. The van der Waals surface area contributed by atoms with Crippen molar-refractivity contribution < 1.29 is 9.59 Å². The van der Waals surface area contributed by atoms with E-state index < -0.39 is 0 Å². The van der Waals surface area contributed by atoms with Crippen LogP contribution in [0.4, 0.5) is 15.6 Å². The first-order valence-electron chi connectivity index (χ1n) is 10.1. The maximum absolute atomic E-state index is 12.8. The van der Waals surface area contributed by atoms with Gasteiger partial charge in [-0.25, -0.2) is 9.78 Å². The number of aryl methyl sites for hydroxylation is 1. The topological polar surface area (TPSA) is 83.1 Å². The maximum atomic E-state index is 12.8. The van der Waals surface area contributed by atoms with E-state index in [1.807, 2.05) is 38.1 Å². The average molecular weight is 499 g/mol. The van der Waals surface area contributed by atoms with E-state index in [9.17, 15) is 9.59 Å². The number of anilines is 2. The summed E-state index contributed by atoms with van der Waals surface area (Å²) in [7, 11) is 0. The molecule has 0 spiro atoms. The minimum absolute atomic E-state index is 0.208. The smallest absolute Gasteiger partial charge is 0.321 e. The first-order valence-corrected chi connectivity index (χ1v) is 11.7. The van der Waals surface area contributed by atoms with Gasteiger partial charge in [0.1, 0.15) is 0 Å². The molecular weight excluding hydrogens is 479 g/mol. The second kappa shape index (κ2) is 9.79. The zero-order chi connectivity index (χ0) is 23.5. The normalized spacial score (nSPS) is 11.8. The molecule has 4 rings (SSSR count). The van der Waals surface area contributed by atoms with Crippen molar-refractivity contribution in [2.75, 3.05) is 10.6 Å². The SMILES string of the molecule is Cc1cccc(Cl)c1NC(=O)c1ccc2nc(NC(=O)NC(C)c3ccc(Cl)cc3)sc2c1. The Balaban J connectivity index is 1.44. The van der Waals surface area contributed by atoms with E-state index in [2.05, 4.69) is 20.9 Å². The van der Waals surface area contributed by atoms with Crippen molar-refractivity contribution in [2.24, 2.45) is 0 Å². The van der Waals surface area contributed by atoms with Crippen LogP contribution in [0.5, 0.6) is 0 Å². The number of carbonyl (C=O) groups is 2. The monoisotopic (exact) mass is 498 g/mol. The van der Waals surface area contributed by atoms with Gasteiger partial charge in [0.25, 0.3) is 5.91 Å². The summed E-state index contributed by atoms with van der Waals surface area (Å²) in [5.41, 5.74) is 3.55. The molecule has 0 saturated heterocycles. The van der Waals surface area contributed by atoms with E-state index >= 15 is 0 Å². The van der Waals surface area contributed by atoms with E-state index in [0.717, 1.165) is 15.8 Å². The maximum Gasteiger partial charge on any atom is 0.321 e. The number of carbonyl (C=O) groups excluding carboxylic acids is 2. The highest BCUT2D eigenvalue weighted by Crippen LogP contribution is 2.29. The Kier molecular flexibility index (Phi) is 6.83. The molecule has 0 radical (unpaired) electrons. The average Bonchev–Trinajstić information content (AvgIpc) is 3.17. The fraction of sp³-hybridized carbons (Fsp3) is 0.125. The number of aromatic nitrogens is 1. The predicted molar refractivity (Wildman–Crippen MR) is 136 cm³/mol. The van der Waals surface area contributed by atoms with Gasteiger partial charge in [0.15, 0.2) is 5.13 Å². The van der Waals surface area contributed by atoms with Crippen LogP contribution in [-0.4, -0.2) is 16.9 Å². The first kappa shape index (κ1) is 23.0. The third kappa shape index (κ3) is 5.45. The van der Waals surface area contributed by atoms with Gasteiger partial charge in [0.05, 0.1) is 27.0 Å². The van der Waals surface area contributed by atoms with E-state index in [4.69, 9.17) is 23.2 Å². The van der Waals surface area contributed by atoms with Crippen LogP contribution in [0.15, 0.2) is 60.7 Å². The summed E-state index contributed by atoms with van der Waals surface area (Å²) < 4.78 is 0.777. The Morgan fingerprint density at radius 3 is 2.48 bits per heavy atom. The van der Waals surface area contributed by atoms with Gasteiger partial charge in [-0.15, -0.1) is 0 Å². The number of nitrogens with one attached hydrogen (secondary N) is 3.